The number of aliphatic hydroxyl groups is 1. The van der Waals surface area contributed by atoms with Gasteiger partial charge in [0.15, 0.2) is 0 Å². The van der Waals surface area contributed by atoms with Crippen LogP contribution >= 0.6 is 0 Å². The van der Waals surface area contributed by atoms with E-state index in [1.54, 1.807) is 0 Å². The van der Waals surface area contributed by atoms with Crippen molar-refractivity contribution in [2.75, 3.05) is 18.0 Å². The molecule has 0 bridgehead atoms. The lowest BCUT2D eigenvalue weighted by atomic mass is 10.00. The number of H-pyrrole nitrogens is 1. The first-order chi connectivity index (χ1) is 13.1. The number of β-amino-alcohol motifs (C(OH)–C–C–N with tert-alkyl or cyclic N) is 1. The van der Waals surface area contributed by atoms with Crippen molar-refractivity contribution in [3.8, 4) is 0 Å². The average molecular weight is 362 g/mol. The monoisotopic (exact) mass is 362 g/mol. The highest BCUT2D eigenvalue weighted by Crippen LogP contribution is 2.32. The summed E-state index contributed by atoms with van der Waals surface area (Å²) in [7, 11) is 0. The van der Waals surface area contributed by atoms with Gasteiger partial charge in [0.1, 0.15) is 5.82 Å². The van der Waals surface area contributed by atoms with Crippen molar-refractivity contribution in [2.24, 2.45) is 5.92 Å². The van der Waals surface area contributed by atoms with Crippen LogP contribution in [0.25, 0.3) is 10.9 Å². The molecule has 1 aliphatic heterocycles. The molecule has 3 aromatic rings. The fourth-order valence-electron chi connectivity index (χ4n) is 4.70. The average Bonchev–Trinajstić information content (AvgIpc) is 3.34. The highest BCUT2D eigenvalue weighted by atomic mass is 16.3. The Balaban J connectivity index is 1.42. The number of aliphatic hydroxyl groups excluding tert-OH is 1. The van der Waals surface area contributed by atoms with Gasteiger partial charge in [0.25, 0.3) is 0 Å². The quantitative estimate of drug-likeness (QED) is 0.751. The maximum atomic E-state index is 10.6. The molecule has 0 saturated carbocycles. The summed E-state index contributed by atoms with van der Waals surface area (Å²) in [6, 6.07) is 8.86. The zero-order chi connectivity index (χ0) is 18.5. The minimum Gasteiger partial charge on any atom is -0.391 e. The third-order valence-electron chi connectivity index (χ3n) is 6.18. The summed E-state index contributed by atoms with van der Waals surface area (Å²) in [5.41, 5.74) is 7.40. The molecule has 0 unspecified atom stereocenters. The van der Waals surface area contributed by atoms with E-state index >= 15 is 0 Å². The second kappa shape index (κ2) is 6.34. The maximum Gasteiger partial charge on any atom is 0.129 e. The summed E-state index contributed by atoms with van der Waals surface area (Å²) in [6.45, 7) is 5.63. The highest BCUT2D eigenvalue weighted by Gasteiger charge is 2.33. The summed E-state index contributed by atoms with van der Waals surface area (Å²) in [5.74, 6) is 1.17. The minimum absolute atomic E-state index is 0.186. The van der Waals surface area contributed by atoms with Crippen LogP contribution in [0.3, 0.4) is 0 Å². The molecule has 27 heavy (non-hydrogen) atoms. The lowest BCUT2D eigenvalue weighted by Crippen LogP contribution is -2.22. The van der Waals surface area contributed by atoms with Crippen molar-refractivity contribution in [1.29, 1.82) is 0 Å². The third kappa shape index (κ3) is 3.00. The van der Waals surface area contributed by atoms with Crippen molar-refractivity contribution < 1.29 is 5.11 Å². The van der Waals surface area contributed by atoms with Gasteiger partial charge in [0.2, 0.25) is 0 Å². The van der Waals surface area contributed by atoms with Crippen molar-refractivity contribution in [2.45, 2.75) is 45.6 Å². The van der Waals surface area contributed by atoms with Crippen molar-refractivity contribution in [3.63, 3.8) is 0 Å². The van der Waals surface area contributed by atoms with E-state index in [0.717, 1.165) is 35.7 Å². The number of anilines is 1. The number of hydrogen-bond donors (Lipinski definition) is 2. The first kappa shape index (κ1) is 16.8. The highest BCUT2D eigenvalue weighted by molar-refractivity contribution is 5.85. The molecule has 5 nitrogen and oxygen atoms in total. The zero-order valence-electron chi connectivity index (χ0n) is 16.0. The lowest BCUT2D eigenvalue weighted by molar-refractivity contribution is 0.148. The number of nitrogens with one attached hydrogen (secondary N) is 1. The molecule has 0 spiro atoms. The number of rotatable bonds is 3. The van der Waals surface area contributed by atoms with Gasteiger partial charge in [-0.25, -0.2) is 4.98 Å². The third-order valence-corrected chi connectivity index (χ3v) is 6.18. The van der Waals surface area contributed by atoms with Gasteiger partial charge in [0.05, 0.1) is 17.3 Å². The Morgan fingerprint density at radius 1 is 1.11 bits per heavy atom. The molecule has 2 aliphatic rings. The Hall–Kier alpha value is -2.40. The van der Waals surface area contributed by atoms with Gasteiger partial charge in [0, 0.05) is 30.1 Å². The zero-order valence-corrected chi connectivity index (χ0v) is 16.0. The molecular formula is C22H26N4O. The summed E-state index contributed by atoms with van der Waals surface area (Å²) in [4.78, 5) is 7.20. The molecule has 1 saturated heterocycles. The van der Waals surface area contributed by atoms with Crippen LogP contribution < -0.4 is 4.90 Å². The van der Waals surface area contributed by atoms with Crippen LogP contribution in [0.4, 0.5) is 5.82 Å². The summed E-state index contributed by atoms with van der Waals surface area (Å²) in [5, 5.41) is 19.2. The molecule has 1 aliphatic carbocycles. The first-order valence-corrected chi connectivity index (χ1v) is 9.94. The van der Waals surface area contributed by atoms with E-state index in [1.165, 1.54) is 41.3 Å². The Morgan fingerprint density at radius 3 is 2.70 bits per heavy atom. The van der Waals surface area contributed by atoms with Gasteiger partial charge in [-0.05, 0) is 80.5 Å². The fourth-order valence-corrected chi connectivity index (χ4v) is 4.70. The minimum atomic E-state index is -0.347. The van der Waals surface area contributed by atoms with Gasteiger partial charge in [-0.2, -0.15) is 5.10 Å². The second-order valence-electron chi connectivity index (χ2n) is 8.27. The fraction of sp³-hybridized carbons (Fsp3) is 0.455. The Kier molecular flexibility index (Phi) is 3.93. The number of aromatic nitrogens is 3. The first-order valence-electron chi connectivity index (χ1n) is 9.94. The van der Waals surface area contributed by atoms with Gasteiger partial charge in [-0.1, -0.05) is 0 Å². The molecule has 3 heterocycles. The molecule has 5 heteroatoms. The number of fused-ring (bicyclic) bond motifs is 2. The number of pyridine rings is 1. The van der Waals surface area contributed by atoms with Gasteiger partial charge in [-0.3, -0.25) is 5.10 Å². The van der Waals surface area contributed by atoms with E-state index in [9.17, 15) is 5.11 Å². The molecule has 0 radical (unpaired) electrons. The van der Waals surface area contributed by atoms with Crippen LogP contribution in [0.15, 0.2) is 24.3 Å². The molecule has 2 atom stereocenters. The second-order valence-corrected chi connectivity index (χ2v) is 8.27. The molecular weight excluding hydrogens is 336 g/mol. The SMILES string of the molecule is Cc1cc(C[C@@H]2CN(c3cc(C)c4cc5c(cc4n3)CCC5)C[C@@H]2O)n[nH]1. The van der Waals surface area contributed by atoms with Gasteiger partial charge < -0.3 is 10.0 Å². The van der Waals surface area contributed by atoms with Crippen LogP contribution in [0.1, 0.15) is 34.5 Å². The largest absolute Gasteiger partial charge is 0.391 e. The molecule has 0 amide bonds. The molecule has 1 aromatic carbocycles. The van der Waals surface area contributed by atoms with Crippen molar-refractivity contribution >= 4 is 16.7 Å². The van der Waals surface area contributed by atoms with Gasteiger partial charge in [-0.15, -0.1) is 0 Å². The number of aromatic amines is 1. The molecule has 1 fully saturated rings. The predicted octanol–water partition coefficient (Wildman–Crippen LogP) is 3.10. The van der Waals surface area contributed by atoms with Crippen molar-refractivity contribution in [3.05, 3.63) is 52.3 Å². The normalized spacial score (nSPS) is 22.0. The molecule has 2 N–H and O–H groups in total. The Bertz CT molecular complexity index is 1010. The number of benzene rings is 1. The van der Waals surface area contributed by atoms with E-state index in [4.69, 9.17) is 4.98 Å². The van der Waals surface area contributed by atoms with Crippen molar-refractivity contribution in [1.82, 2.24) is 15.2 Å². The predicted molar refractivity (Wildman–Crippen MR) is 107 cm³/mol. The molecule has 5 rings (SSSR count). The summed E-state index contributed by atoms with van der Waals surface area (Å²) < 4.78 is 0. The number of aryl methyl sites for hydroxylation is 4. The molecule has 2 aromatic heterocycles. The van der Waals surface area contributed by atoms with Crippen LogP contribution in [0.5, 0.6) is 0 Å². The number of nitrogens with zero attached hydrogens (tertiary/aromatic N) is 3. The topological polar surface area (TPSA) is 65.0 Å². The Labute approximate surface area is 159 Å². The molecule has 140 valence electrons. The van der Waals surface area contributed by atoms with E-state index < -0.39 is 0 Å². The number of hydrogen-bond acceptors (Lipinski definition) is 4. The maximum absolute atomic E-state index is 10.6. The van der Waals surface area contributed by atoms with E-state index in [1.807, 2.05) is 6.92 Å². The van der Waals surface area contributed by atoms with Crippen LogP contribution in [-0.4, -0.2) is 39.5 Å². The van der Waals surface area contributed by atoms with Crippen LogP contribution in [-0.2, 0) is 19.3 Å². The van der Waals surface area contributed by atoms with Crippen LogP contribution in [0, 0.1) is 19.8 Å². The summed E-state index contributed by atoms with van der Waals surface area (Å²) in [6.07, 6.45) is 4.06. The van der Waals surface area contributed by atoms with E-state index in [2.05, 4.69) is 46.3 Å². The lowest BCUT2D eigenvalue weighted by Gasteiger charge is -2.19. The smallest absolute Gasteiger partial charge is 0.129 e. The van der Waals surface area contributed by atoms with Crippen LogP contribution in [0.2, 0.25) is 0 Å². The summed E-state index contributed by atoms with van der Waals surface area (Å²) >= 11 is 0. The Morgan fingerprint density at radius 2 is 1.93 bits per heavy atom. The van der Waals surface area contributed by atoms with E-state index in [0.29, 0.717) is 6.54 Å². The van der Waals surface area contributed by atoms with E-state index in [-0.39, 0.29) is 12.0 Å². The standard InChI is InChI=1S/C22H26N4O/c1-13-6-22(23-20-10-16-5-3-4-15(16)9-19(13)20)26-11-17(21(27)12-26)8-18-7-14(2)24-25-18/h6-7,9-10,17,21,27H,3-5,8,11-12H2,1-2H3,(H,24,25)/t17-,21+/m1/s1. The van der Waals surface area contributed by atoms with Gasteiger partial charge >= 0.3 is 0 Å².